The predicted molar refractivity (Wildman–Crippen MR) is 88.4 cm³/mol. The number of Topliss-reactive ketones (excluding diaryl/α,β-unsaturated/α-hetero) is 1. The van der Waals surface area contributed by atoms with Gasteiger partial charge < -0.3 is 4.74 Å². The molecular formula is C18H17NO5. The molecule has 0 saturated heterocycles. The van der Waals surface area contributed by atoms with Gasteiger partial charge in [-0.3, -0.25) is 14.9 Å². The zero-order valence-electron chi connectivity index (χ0n) is 13.7. The molecule has 0 heterocycles. The topological polar surface area (TPSA) is 86.5 Å². The molecule has 0 amide bonds. The summed E-state index contributed by atoms with van der Waals surface area (Å²) >= 11 is 0. The number of carbonyl (C=O) groups is 2. The molecule has 0 N–H and O–H groups in total. The third-order valence-corrected chi connectivity index (χ3v) is 3.61. The van der Waals surface area contributed by atoms with Crippen molar-refractivity contribution in [1.82, 2.24) is 0 Å². The fourth-order valence-electron chi connectivity index (χ4n) is 2.71. The van der Waals surface area contributed by atoms with Gasteiger partial charge in [0, 0.05) is 11.6 Å². The highest BCUT2D eigenvalue weighted by Crippen LogP contribution is 2.20. The molecule has 6 nitrogen and oxygen atoms in total. The molecule has 0 saturated carbocycles. The first-order valence-corrected chi connectivity index (χ1v) is 7.33. The Morgan fingerprint density at radius 2 is 1.67 bits per heavy atom. The molecule has 0 unspecified atom stereocenters. The summed E-state index contributed by atoms with van der Waals surface area (Å²) in [5.41, 5.74) is 2.64. The maximum absolute atomic E-state index is 12.3. The predicted octanol–water partition coefficient (Wildman–Crippen LogP) is 3.56. The van der Waals surface area contributed by atoms with E-state index in [0.29, 0.717) is 5.56 Å². The average Bonchev–Trinajstić information content (AvgIpc) is 2.51. The van der Waals surface area contributed by atoms with Crippen molar-refractivity contribution in [1.29, 1.82) is 0 Å². The van der Waals surface area contributed by atoms with Crippen LogP contribution in [-0.4, -0.2) is 23.3 Å². The van der Waals surface area contributed by atoms with Gasteiger partial charge in [-0.1, -0.05) is 29.8 Å². The number of nitro benzene ring substituents is 1. The van der Waals surface area contributed by atoms with E-state index in [2.05, 4.69) is 0 Å². The first-order valence-electron chi connectivity index (χ1n) is 7.33. The summed E-state index contributed by atoms with van der Waals surface area (Å²) in [6.45, 7) is 5.10. The van der Waals surface area contributed by atoms with Gasteiger partial charge in [0.25, 0.3) is 5.69 Å². The Balaban J connectivity index is 2.16. The van der Waals surface area contributed by atoms with Crippen molar-refractivity contribution in [2.45, 2.75) is 20.8 Å². The number of ether oxygens (including phenoxy) is 1. The van der Waals surface area contributed by atoms with Crippen LogP contribution >= 0.6 is 0 Å². The second-order valence-electron chi connectivity index (χ2n) is 5.55. The van der Waals surface area contributed by atoms with Crippen LogP contribution in [0.2, 0.25) is 0 Å². The zero-order chi connectivity index (χ0) is 17.9. The van der Waals surface area contributed by atoms with E-state index in [4.69, 9.17) is 4.74 Å². The van der Waals surface area contributed by atoms with Crippen LogP contribution < -0.4 is 0 Å². The highest BCUT2D eigenvalue weighted by Gasteiger charge is 2.22. The molecule has 0 aliphatic carbocycles. The van der Waals surface area contributed by atoms with Gasteiger partial charge in [0.05, 0.1) is 4.92 Å². The summed E-state index contributed by atoms with van der Waals surface area (Å²) in [6.07, 6.45) is 0. The molecule has 0 atom stereocenters. The number of nitrogens with zero attached hydrogens (tertiary/aromatic N) is 1. The van der Waals surface area contributed by atoms with Crippen LogP contribution in [0.5, 0.6) is 0 Å². The van der Waals surface area contributed by atoms with Crippen molar-refractivity contribution in [2.75, 3.05) is 6.61 Å². The maximum atomic E-state index is 12.3. The quantitative estimate of drug-likeness (QED) is 0.363. The van der Waals surface area contributed by atoms with Gasteiger partial charge in [0.1, 0.15) is 5.56 Å². The Bertz CT molecular complexity index is 803. The van der Waals surface area contributed by atoms with Crippen molar-refractivity contribution >= 4 is 17.4 Å². The fraction of sp³-hybridized carbons (Fsp3) is 0.222. The highest BCUT2D eigenvalue weighted by molar-refractivity contribution is 6.02. The van der Waals surface area contributed by atoms with Gasteiger partial charge >= 0.3 is 5.97 Å². The summed E-state index contributed by atoms with van der Waals surface area (Å²) in [6, 6.07) is 9.23. The van der Waals surface area contributed by atoms with Crippen LogP contribution in [0.15, 0.2) is 36.4 Å². The summed E-state index contributed by atoms with van der Waals surface area (Å²) in [5.74, 6) is -1.23. The molecule has 2 aromatic carbocycles. The van der Waals surface area contributed by atoms with E-state index in [1.54, 1.807) is 0 Å². The van der Waals surface area contributed by atoms with E-state index in [9.17, 15) is 19.7 Å². The summed E-state index contributed by atoms with van der Waals surface area (Å²) in [4.78, 5) is 34.7. The summed E-state index contributed by atoms with van der Waals surface area (Å²) in [7, 11) is 0. The molecule has 124 valence electrons. The Hall–Kier alpha value is -3.02. The van der Waals surface area contributed by atoms with Gasteiger partial charge in [0.15, 0.2) is 6.61 Å². The second-order valence-corrected chi connectivity index (χ2v) is 5.55. The lowest BCUT2D eigenvalue weighted by Crippen LogP contribution is -2.17. The number of rotatable bonds is 5. The monoisotopic (exact) mass is 327 g/mol. The molecular weight excluding hydrogens is 310 g/mol. The van der Waals surface area contributed by atoms with Gasteiger partial charge in [-0.2, -0.15) is 0 Å². The molecule has 0 fully saturated rings. The molecule has 0 radical (unpaired) electrons. The minimum atomic E-state index is -0.891. The normalized spacial score (nSPS) is 10.3. The zero-order valence-corrected chi connectivity index (χ0v) is 13.7. The highest BCUT2D eigenvalue weighted by atomic mass is 16.6. The number of hydrogen-bond donors (Lipinski definition) is 0. The number of aryl methyl sites for hydroxylation is 3. The van der Waals surface area contributed by atoms with E-state index in [0.717, 1.165) is 16.7 Å². The van der Waals surface area contributed by atoms with Crippen molar-refractivity contribution in [3.63, 3.8) is 0 Å². The van der Waals surface area contributed by atoms with E-state index in [1.165, 1.54) is 24.3 Å². The number of benzene rings is 2. The van der Waals surface area contributed by atoms with Gasteiger partial charge in [0.2, 0.25) is 5.78 Å². The number of hydrogen-bond acceptors (Lipinski definition) is 5. The lowest BCUT2D eigenvalue weighted by molar-refractivity contribution is -0.385. The lowest BCUT2D eigenvalue weighted by atomic mass is 9.97. The number of carbonyl (C=O) groups excluding carboxylic acids is 2. The third kappa shape index (κ3) is 3.65. The van der Waals surface area contributed by atoms with Crippen LogP contribution in [0.25, 0.3) is 0 Å². The molecule has 0 bridgehead atoms. The first-order chi connectivity index (χ1) is 11.3. The van der Waals surface area contributed by atoms with Crippen LogP contribution in [-0.2, 0) is 4.74 Å². The van der Waals surface area contributed by atoms with Gasteiger partial charge in [-0.05, 0) is 38.0 Å². The Kier molecular flexibility index (Phi) is 5.08. The minimum absolute atomic E-state index is 0.173. The van der Waals surface area contributed by atoms with Crippen molar-refractivity contribution in [3.8, 4) is 0 Å². The largest absolute Gasteiger partial charge is 0.454 e. The number of nitro groups is 1. The van der Waals surface area contributed by atoms with Gasteiger partial charge in [-0.15, -0.1) is 0 Å². The molecule has 2 aromatic rings. The van der Waals surface area contributed by atoms with Crippen LogP contribution in [0, 0.1) is 30.9 Å². The molecule has 0 aliphatic heterocycles. The molecule has 0 spiro atoms. The second kappa shape index (κ2) is 7.04. The SMILES string of the molecule is Cc1cc(C)c(C(=O)COC(=O)c2ccccc2[N+](=O)[O-])c(C)c1. The summed E-state index contributed by atoms with van der Waals surface area (Å²) < 4.78 is 4.98. The van der Waals surface area contributed by atoms with Crippen LogP contribution in [0.3, 0.4) is 0 Å². The van der Waals surface area contributed by atoms with E-state index in [-0.39, 0.29) is 17.0 Å². The van der Waals surface area contributed by atoms with Crippen molar-refractivity contribution in [3.05, 3.63) is 74.3 Å². The molecule has 2 rings (SSSR count). The number of esters is 1. The standard InChI is InChI=1S/C18H17NO5/c1-11-8-12(2)17(13(3)9-11)16(20)10-24-18(21)14-6-4-5-7-15(14)19(22)23/h4-9H,10H2,1-3H3. The van der Waals surface area contributed by atoms with Crippen LogP contribution in [0.4, 0.5) is 5.69 Å². The lowest BCUT2D eigenvalue weighted by Gasteiger charge is -2.11. The maximum Gasteiger partial charge on any atom is 0.345 e. The molecule has 24 heavy (non-hydrogen) atoms. The Morgan fingerprint density at radius 3 is 2.25 bits per heavy atom. The molecule has 0 aliphatic rings. The third-order valence-electron chi connectivity index (χ3n) is 3.61. The van der Waals surface area contributed by atoms with E-state index >= 15 is 0 Å². The van der Waals surface area contributed by atoms with Crippen molar-refractivity contribution in [2.24, 2.45) is 0 Å². The Morgan fingerprint density at radius 1 is 1.08 bits per heavy atom. The smallest absolute Gasteiger partial charge is 0.345 e. The van der Waals surface area contributed by atoms with Crippen LogP contribution in [0.1, 0.15) is 37.4 Å². The van der Waals surface area contributed by atoms with E-state index in [1.807, 2.05) is 32.9 Å². The van der Waals surface area contributed by atoms with E-state index < -0.39 is 17.5 Å². The molecule has 6 heteroatoms. The number of para-hydroxylation sites is 1. The van der Waals surface area contributed by atoms with Crippen molar-refractivity contribution < 1.29 is 19.2 Å². The first kappa shape index (κ1) is 17.3. The molecule has 0 aromatic heterocycles. The number of ketones is 1. The average molecular weight is 327 g/mol. The fourth-order valence-corrected chi connectivity index (χ4v) is 2.71. The van der Waals surface area contributed by atoms with Gasteiger partial charge in [-0.25, -0.2) is 4.79 Å². The summed E-state index contributed by atoms with van der Waals surface area (Å²) in [5, 5.41) is 10.9. The minimum Gasteiger partial charge on any atom is -0.454 e. The Labute approximate surface area is 139 Å².